The summed E-state index contributed by atoms with van der Waals surface area (Å²) in [6.45, 7) is 3.35. The van der Waals surface area contributed by atoms with E-state index in [4.69, 9.17) is 0 Å². The Morgan fingerprint density at radius 2 is 1.35 bits per heavy atom. The van der Waals surface area contributed by atoms with Gasteiger partial charge in [0.25, 0.3) is 0 Å². The van der Waals surface area contributed by atoms with Crippen LogP contribution in [0, 0.1) is 0 Å². The Morgan fingerprint density at radius 3 is 2.00 bits per heavy atom. The minimum Gasteiger partial charge on any atom is -0.289 e. The number of benzene rings is 3. The van der Waals surface area contributed by atoms with Crippen LogP contribution in [0.25, 0.3) is 6.08 Å². The number of rotatable bonds is 5. The van der Waals surface area contributed by atoms with Crippen LogP contribution >= 0.6 is 0 Å². The van der Waals surface area contributed by atoms with Gasteiger partial charge in [-0.15, -0.1) is 0 Å². The van der Waals surface area contributed by atoms with Crippen LogP contribution in [0.5, 0.6) is 0 Å². The molecule has 130 valence electrons. The summed E-state index contributed by atoms with van der Waals surface area (Å²) in [5.74, 6) is 0.542. The van der Waals surface area contributed by atoms with Gasteiger partial charge in [-0.1, -0.05) is 103 Å². The average molecular weight is 339 g/mol. The van der Waals surface area contributed by atoms with Crippen molar-refractivity contribution in [3.63, 3.8) is 0 Å². The third kappa shape index (κ3) is 3.49. The largest absolute Gasteiger partial charge is 0.289 e. The van der Waals surface area contributed by atoms with Gasteiger partial charge in [0.1, 0.15) is 0 Å². The Bertz CT molecular complexity index is 839. The van der Waals surface area contributed by atoms with E-state index in [0.29, 0.717) is 18.0 Å². The van der Waals surface area contributed by atoms with E-state index in [1.807, 2.05) is 0 Å². The van der Waals surface area contributed by atoms with Gasteiger partial charge in [0.2, 0.25) is 0 Å². The summed E-state index contributed by atoms with van der Waals surface area (Å²) in [4.78, 5) is 2.60. The van der Waals surface area contributed by atoms with Crippen molar-refractivity contribution in [2.75, 3.05) is 0 Å². The standard InChI is InChI=1S/C25H25N/c1-20-25(23-15-9-4-10-16-23)24(18-17-21-11-5-2-6-12-21)26(20)19-22-13-7-3-8-14-22/h2-18,20,24-25H,19H2,1H3/b18-17-/t20-,24+,25+/m0/s1. The topological polar surface area (TPSA) is 3.24 Å². The number of likely N-dealkylation sites (tertiary alicyclic amines) is 1. The van der Waals surface area contributed by atoms with Gasteiger partial charge in [0.15, 0.2) is 0 Å². The van der Waals surface area contributed by atoms with Crippen LogP contribution in [0.15, 0.2) is 97.1 Å². The molecule has 0 aromatic heterocycles. The fourth-order valence-electron chi connectivity index (χ4n) is 4.07. The van der Waals surface area contributed by atoms with Crippen molar-refractivity contribution in [1.82, 2.24) is 4.90 Å². The minimum atomic E-state index is 0.424. The van der Waals surface area contributed by atoms with Crippen molar-refractivity contribution >= 4 is 6.08 Å². The molecule has 0 unspecified atom stereocenters. The van der Waals surface area contributed by atoms with Crippen LogP contribution in [0.1, 0.15) is 29.5 Å². The van der Waals surface area contributed by atoms with E-state index in [2.05, 4.69) is 115 Å². The lowest BCUT2D eigenvalue weighted by Crippen LogP contribution is -2.59. The smallest absolute Gasteiger partial charge is 0.0371 e. The normalized spacial score (nSPS) is 23.0. The van der Waals surface area contributed by atoms with Crippen LogP contribution in [-0.2, 0) is 6.54 Å². The van der Waals surface area contributed by atoms with Gasteiger partial charge >= 0.3 is 0 Å². The van der Waals surface area contributed by atoms with E-state index in [-0.39, 0.29) is 0 Å². The molecule has 1 aliphatic rings. The summed E-state index contributed by atoms with van der Waals surface area (Å²) in [6, 6.07) is 33.3. The number of hydrogen-bond donors (Lipinski definition) is 0. The highest BCUT2D eigenvalue weighted by molar-refractivity contribution is 5.51. The molecule has 0 aliphatic carbocycles. The van der Waals surface area contributed by atoms with E-state index in [9.17, 15) is 0 Å². The summed E-state index contributed by atoms with van der Waals surface area (Å²) >= 11 is 0. The molecule has 0 saturated carbocycles. The van der Waals surface area contributed by atoms with E-state index < -0.39 is 0 Å². The molecule has 1 heterocycles. The Kier molecular flexibility index (Phi) is 4.99. The Labute approximate surface area is 156 Å². The predicted molar refractivity (Wildman–Crippen MR) is 110 cm³/mol. The SMILES string of the molecule is C[C@H]1[C@H](c2ccccc2)[C@@H](/C=C\c2ccccc2)N1Cc1ccccc1. The molecule has 0 amide bonds. The summed E-state index contributed by atoms with van der Waals surface area (Å²) < 4.78 is 0. The second kappa shape index (κ2) is 7.72. The Hall–Kier alpha value is -2.64. The lowest BCUT2D eigenvalue weighted by atomic mass is 9.75. The van der Waals surface area contributed by atoms with Gasteiger partial charge in [-0.2, -0.15) is 0 Å². The van der Waals surface area contributed by atoms with Crippen molar-refractivity contribution in [1.29, 1.82) is 0 Å². The van der Waals surface area contributed by atoms with Gasteiger partial charge in [-0.05, 0) is 23.6 Å². The fourth-order valence-corrected chi connectivity index (χ4v) is 4.07. The summed E-state index contributed by atoms with van der Waals surface area (Å²) in [7, 11) is 0. The molecule has 0 spiro atoms. The summed E-state index contributed by atoms with van der Waals surface area (Å²) in [5.41, 5.74) is 4.08. The lowest BCUT2D eigenvalue weighted by molar-refractivity contribution is 0.0165. The molecule has 0 bridgehead atoms. The van der Waals surface area contributed by atoms with Gasteiger partial charge in [0.05, 0.1) is 0 Å². The van der Waals surface area contributed by atoms with Crippen LogP contribution in [0.3, 0.4) is 0 Å². The first kappa shape index (κ1) is 16.8. The molecule has 1 nitrogen and oxygen atoms in total. The maximum Gasteiger partial charge on any atom is 0.0371 e. The van der Waals surface area contributed by atoms with Crippen molar-refractivity contribution in [2.24, 2.45) is 0 Å². The second-order valence-corrected chi connectivity index (χ2v) is 7.10. The van der Waals surface area contributed by atoms with Crippen molar-refractivity contribution in [3.05, 3.63) is 114 Å². The first-order valence-corrected chi connectivity index (χ1v) is 9.41. The molecule has 1 saturated heterocycles. The van der Waals surface area contributed by atoms with E-state index >= 15 is 0 Å². The minimum absolute atomic E-state index is 0.424. The quantitative estimate of drug-likeness (QED) is 0.571. The van der Waals surface area contributed by atoms with Crippen molar-refractivity contribution in [2.45, 2.75) is 31.5 Å². The molecule has 1 fully saturated rings. The third-order valence-corrected chi connectivity index (χ3v) is 5.47. The molecule has 1 aliphatic heterocycles. The molecule has 4 rings (SSSR count). The molecule has 0 N–H and O–H groups in total. The van der Waals surface area contributed by atoms with Gasteiger partial charge in [-0.25, -0.2) is 0 Å². The third-order valence-electron chi connectivity index (χ3n) is 5.47. The summed E-state index contributed by atoms with van der Waals surface area (Å²) in [5, 5.41) is 0. The highest BCUT2D eigenvalue weighted by atomic mass is 15.3. The molecule has 3 atom stereocenters. The van der Waals surface area contributed by atoms with Crippen molar-refractivity contribution < 1.29 is 0 Å². The van der Waals surface area contributed by atoms with E-state index in [1.54, 1.807) is 0 Å². The first-order chi connectivity index (χ1) is 12.8. The van der Waals surface area contributed by atoms with E-state index in [0.717, 1.165) is 6.54 Å². The number of hydrogen-bond acceptors (Lipinski definition) is 1. The number of nitrogens with zero attached hydrogens (tertiary/aromatic N) is 1. The molecule has 0 radical (unpaired) electrons. The first-order valence-electron chi connectivity index (χ1n) is 9.41. The molecular formula is C25H25N. The zero-order valence-corrected chi connectivity index (χ0v) is 15.2. The maximum atomic E-state index is 2.60. The fraction of sp³-hybridized carbons (Fsp3) is 0.200. The molecule has 1 heteroatoms. The molecule has 3 aromatic rings. The zero-order chi connectivity index (χ0) is 17.8. The predicted octanol–water partition coefficient (Wildman–Crippen LogP) is 5.76. The van der Waals surface area contributed by atoms with Crippen LogP contribution in [-0.4, -0.2) is 17.0 Å². The van der Waals surface area contributed by atoms with E-state index in [1.165, 1.54) is 16.7 Å². The Morgan fingerprint density at radius 1 is 0.769 bits per heavy atom. The molecular weight excluding hydrogens is 314 g/mol. The zero-order valence-electron chi connectivity index (χ0n) is 15.2. The Balaban J connectivity index is 1.59. The maximum absolute atomic E-state index is 2.60. The van der Waals surface area contributed by atoms with Gasteiger partial charge in [0, 0.05) is 24.5 Å². The monoisotopic (exact) mass is 339 g/mol. The second-order valence-electron chi connectivity index (χ2n) is 7.10. The van der Waals surface area contributed by atoms with Crippen LogP contribution in [0.2, 0.25) is 0 Å². The van der Waals surface area contributed by atoms with Crippen molar-refractivity contribution in [3.8, 4) is 0 Å². The molecule has 3 aromatic carbocycles. The highest BCUT2D eigenvalue weighted by Gasteiger charge is 2.44. The van der Waals surface area contributed by atoms with Crippen LogP contribution < -0.4 is 0 Å². The van der Waals surface area contributed by atoms with Gasteiger partial charge in [-0.3, -0.25) is 4.90 Å². The lowest BCUT2D eigenvalue weighted by Gasteiger charge is -2.53. The van der Waals surface area contributed by atoms with Crippen LogP contribution in [0.4, 0.5) is 0 Å². The van der Waals surface area contributed by atoms with Gasteiger partial charge < -0.3 is 0 Å². The molecule has 26 heavy (non-hydrogen) atoms. The summed E-state index contributed by atoms with van der Waals surface area (Å²) in [6.07, 6.45) is 4.65. The highest BCUT2D eigenvalue weighted by Crippen LogP contribution is 2.42. The average Bonchev–Trinajstić information content (AvgIpc) is 2.71.